The average Bonchev–Trinajstić information content (AvgIpc) is 2.37. The van der Waals surface area contributed by atoms with Crippen molar-refractivity contribution in [1.82, 2.24) is 5.32 Å². The molecule has 0 radical (unpaired) electrons. The van der Waals surface area contributed by atoms with E-state index < -0.39 is 0 Å². The number of benzene rings is 1. The van der Waals surface area contributed by atoms with Crippen molar-refractivity contribution in [3.63, 3.8) is 0 Å². The van der Waals surface area contributed by atoms with Crippen LogP contribution in [0.4, 0.5) is 0 Å². The van der Waals surface area contributed by atoms with Gasteiger partial charge >= 0.3 is 0 Å². The van der Waals surface area contributed by atoms with Crippen molar-refractivity contribution in [2.24, 2.45) is 0 Å². The second kappa shape index (κ2) is 9.20. The molecule has 0 bridgehead atoms. The predicted molar refractivity (Wildman–Crippen MR) is 73.1 cm³/mol. The van der Waals surface area contributed by atoms with E-state index in [1.807, 2.05) is 18.2 Å². The first-order valence-corrected chi connectivity index (χ1v) is 6.69. The molecule has 1 atom stereocenters. The van der Waals surface area contributed by atoms with E-state index in [1.165, 1.54) is 24.8 Å². The van der Waals surface area contributed by atoms with Crippen LogP contribution in [0.5, 0.6) is 0 Å². The van der Waals surface area contributed by atoms with Crippen LogP contribution in [-0.4, -0.2) is 19.2 Å². The summed E-state index contributed by atoms with van der Waals surface area (Å²) in [5.41, 5.74) is 1.24. The molecule has 0 fully saturated rings. The van der Waals surface area contributed by atoms with Gasteiger partial charge in [0.25, 0.3) is 0 Å². The van der Waals surface area contributed by atoms with E-state index in [-0.39, 0.29) is 6.10 Å². The zero-order chi connectivity index (χ0) is 12.3. The van der Waals surface area contributed by atoms with Crippen LogP contribution in [0, 0.1) is 0 Å². The summed E-state index contributed by atoms with van der Waals surface area (Å²) in [6, 6.07) is 10.3. The van der Waals surface area contributed by atoms with Gasteiger partial charge in [0.15, 0.2) is 0 Å². The maximum Gasteiger partial charge on any atom is 0.0721 e. The van der Waals surface area contributed by atoms with Gasteiger partial charge < -0.3 is 10.1 Å². The van der Waals surface area contributed by atoms with Crippen LogP contribution in [0.25, 0.3) is 0 Å². The fourth-order valence-electron chi connectivity index (χ4n) is 1.68. The second-order valence-electron chi connectivity index (χ2n) is 4.52. The van der Waals surface area contributed by atoms with Crippen molar-refractivity contribution in [3.8, 4) is 0 Å². The largest absolute Gasteiger partial charge is 0.373 e. The minimum atomic E-state index is 0.275. The molecule has 96 valence electrons. The fraction of sp³-hybridized carbons (Fsp3) is 0.600. The van der Waals surface area contributed by atoms with Crippen LogP contribution < -0.4 is 5.32 Å². The summed E-state index contributed by atoms with van der Waals surface area (Å²) in [7, 11) is 0. The minimum absolute atomic E-state index is 0.275. The zero-order valence-electron chi connectivity index (χ0n) is 11.1. The third kappa shape index (κ3) is 7.14. The Balaban J connectivity index is 2.03. The molecule has 0 spiro atoms. The van der Waals surface area contributed by atoms with Crippen molar-refractivity contribution in [1.29, 1.82) is 0 Å². The van der Waals surface area contributed by atoms with Crippen molar-refractivity contribution >= 4 is 0 Å². The van der Waals surface area contributed by atoms with Gasteiger partial charge in [0.2, 0.25) is 0 Å². The Labute approximate surface area is 105 Å². The van der Waals surface area contributed by atoms with Crippen LogP contribution in [0.1, 0.15) is 38.7 Å². The van der Waals surface area contributed by atoms with Gasteiger partial charge in [-0.2, -0.15) is 0 Å². The quantitative estimate of drug-likeness (QED) is 0.663. The molecule has 2 nitrogen and oxygen atoms in total. The fourth-order valence-corrected chi connectivity index (χ4v) is 1.68. The molecule has 0 aromatic heterocycles. The van der Waals surface area contributed by atoms with Gasteiger partial charge in [-0.3, -0.25) is 0 Å². The Bertz CT molecular complexity index is 274. The van der Waals surface area contributed by atoms with Crippen LogP contribution in [0.3, 0.4) is 0 Å². The summed E-state index contributed by atoms with van der Waals surface area (Å²) in [6.45, 7) is 7.10. The van der Waals surface area contributed by atoms with E-state index in [0.29, 0.717) is 6.61 Å². The van der Waals surface area contributed by atoms with E-state index in [1.54, 1.807) is 0 Å². The molecule has 0 aliphatic carbocycles. The lowest BCUT2D eigenvalue weighted by atomic mass is 10.2. The molecule has 17 heavy (non-hydrogen) atoms. The van der Waals surface area contributed by atoms with E-state index in [0.717, 1.165) is 13.1 Å². The molecule has 0 aliphatic heterocycles. The Morgan fingerprint density at radius 3 is 2.65 bits per heavy atom. The maximum absolute atomic E-state index is 5.77. The first kappa shape index (κ1) is 14.2. The van der Waals surface area contributed by atoms with Gasteiger partial charge in [0.05, 0.1) is 12.7 Å². The lowest BCUT2D eigenvalue weighted by molar-refractivity contribution is 0.0533. The average molecular weight is 235 g/mol. The van der Waals surface area contributed by atoms with Crippen LogP contribution >= 0.6 is 0 Å². The molecule has 0 heterocycles. The van der Waals surface area contributed by atoms with Gasteiger partial charge in [0, 0.05) is 6.54 Å². The molecule has 1 aromatic carbocycles. The van der Waals surface area contributed by atoms with Gasteiger partial charge in [-0.25, -0.2) is 0 Å². The highest BCUT2D eigenvalue weighted by molar-refractivity contribution is 5.13. The van der Waals surface area contributed by atoms with E-state index >= 15 is 0 Å². The Kier molecular flexibility index (Phi) is 7.69. The van der Waals surface area contributed by atoms with Crippen LogP contribution in [0.2, 0.25) is 0 Å². The highest BCUT2D eigenvalue weighted by Crippen LogP contribution is 2.02. The summed E-state index contributed by atoms with van der Waals surface area (Å²) in [5, 5.41) is 3.43. The summed E-state index contributed by atoms with van der Waals surface area (Å²) < 4.78 is 5.77. The zero-order valence-corrected chi connectivity index (χ0v) is 11.1. The summed E-state index contributed by atoms with van der Waals surface area (Å²) in [5.74, 6) is 0. The topological polar surface area (TPSA) is 21.3 Å². The molecule has 0 saturated heterocycles. The molecule has 2 heteroatoms. The molecule has 0 amide bonds. The molecular weight excluding hydrogens is 210 g/mol. The van der Waals surface area contributed by atoms with E-state index in [9.17, 15) is 0 Å². The van der Waals surface area contributed by atoms with Gasteiger partial charge in [-0.05, 0) is 25.5 Å². The number of hydrogen-bond donors (Lipinski definition) is 1. The lowest BCUT2D eigenvalue weighted by Crippen LogP contribution is -2.27. The first-order valence-electron chi connectivity index (χ1n) is 6.69. The standard InChI is InChI=1S/C15H25NO/c1-3-4-8-11-16-12-14(2)17-13-15-9-6-5-7-10-15/h5-7,9-10,14,16H,3-4,8,11-13H2,1-2H3. The first-order chi connectivity index (χ1) is 8.33. The molecule has 0 aliphatic rings. The Morgan fingerprint density at radius 1 is 1.18 bits per heavy atom. The van der Waals surface area contributed by atoms with Crippen LogP contribution in [-0.2, 0) is 11.3 Å². The summed E-state index contributed by atoms with van der Waals surface area (Å²) in [6.07, 6.45) is 4.13. The molecule has 1 N–H and O–H groups in total. The molecule has 0 saturated carbocycles. The normalized spacial score (nSPS) is 12.6. The van der Waals surface area contributed by atoms with Gasteiger partial charge in [-0.1, -0.05) is 50.1 Å². The minimum Gasteiger partial charge on any atom is -0.373 e. The smallest absolute Gasteiger partial charge is 0.0721 e. The maximum atomic E-state index is 5.77. The monoisotopic (exact) mass is 235 g/mol. The van der Waals surface area contributed by atoms with Crippen LogP contribution in [0.15, 0.2) is 30.3 Å². The third-order valence-corrected chi connectivity index (χ3v) is 2.77. The van der Waals surface area contributed by atoms with Gasteiger partial charge in [0.1, 0.15) is 0 Å². The lowest BCUT2D eigenvalue weighted by Gasteiger charge is -2.14. The van der Waals surface area contributed by atoms with E-state index in [2.05, 4.69) is 31.3 Å². The van der Waals surface area contributed by atoms with Gasteiger partial charge in [-0.15, -0.1) is 0 Å². The molecule has 1 unspecified atom stereocenters. The number of nitrogens with one attached hydrogen (secondary N) is 1. The van der Waals surface area contributed by atoms with Crippen molar-refractivity contribution in [2.75, 3.05) is 13.1 Å². The SMILES string of the molecule is CCCCCNCC(C)OCc1ccccc1. The molecule has 1 aromatic rings. The predicted octanol–water partition coefficient (Wildman–Crippen LogP) is 3.37. The van der Waals surface area contributed by atoms with Crippen molar-refractivity contribution < 1.29 is 4.74 Å². The number of rotatable bonds is 9. The van der Waals surface area contributed by atoms with E-state index in [4.69, 9.17) is 4.74 Å². The van der Waals surface area contributed by atoms with Crippen molar-refractivity contribution in [2.45, 2.75) is 45.8 Å². The highest BCUT2D eigenvalue weighted by Gasteiger charge is 2.01. The number of unbranched alkanes of at least 4 members (excludes halogenated alkanes) is 2. The Morgan fingerprint density at radius 2 is 1.94 bits per heavy atom. The molecular formula is C15H25NO. The summed E-state index contributed by atoms with van der Waals surface area (Å²) >= 11 is 0. The third-order valence-electron chi connectivity index (χ3n) is 2.77. The Hall–Kier alpha value is -0.860. The highest BCUT2D eigenvalue weighted by atomic mass is 16.5. The van der Waals surface area contributed by atoms with Crippen molar-refractivity contribution in [3.05, 3.63) is 35.9 Å². The summed E-state index contributed by atoms with van der Waals surface area (Å²) in [4.78, 5) is 0. The number of ether oxygens (including phenoxy) is 1. The second-order valence-corrected chi connectivity index (χ2v) is 4.52. The molecule has 1 rings (SSSR count). The number of hydrogen-bond acceptors (Lipinski definition) is 2.